The van der Waals surface area contributed by atoms with Gasteiger partial charge in [0.25, 0.3) is 0 Å². The Kier molecular flexibility index (Phi) is 6.38. The summed E-state index contributed by atoms with van der Waals surface area (Å²) in [6.45, 7) is 2.62. The van der Waals surface area contributed by atoms with Crippen LogP contribution in [0.5, 0.6) is 5.75 Å². The maximum absolute atomic E-state index is 12.7. The summed E-state index contributed by atoms with van der Waals surface area (Å²) >= 11 is 0. The zero-order valence-corrected chi connectivity index (χ0v) is 14.9. The zero-order valence-electron chi connectivity index (χ0n) is 14.9. The Morgan fingerprint density at radius 1 is 1.17 bits per heavy atom. The van der Waals surface area contributed by atoms with Crippen molar-refractivity contribution in [3.8, 4) is 5.75 Å². The lowest BCUT2D eigenvalue weighted by molar-refractivity contribution is -0.125. The number of nitrogens with zero attached hydrogens (tertiary/aromatic N) is 1. The Hall–Kier alpha value is -2.33. The van der Waals surface area contributed by atoms with E-state index in [0.717, 1.165) is 28.9 Å². The molecule has 1 N–H and O–H groups in total. The SMILES string of the molecule is COc1ccccc1CCNC(=O)[C@H](c1cccc(C)c1)N(C)C. The van der Waals surface area contributed by atoms with E-state index in [4.69, 9.17) is 4.74 Å². The van der Waals surface area contributed by atoms with Crippen LogP contribution in [0.15, 0.2) is 48.5 Å². The van der Waals surface area contributed by atoms with Crippen LogP contribution in [0.1, 0.15) is 22.7 Å². The molecule has 0 aliphatic rings. The number of rotatable bonds is 7. The molecule has 0 aliphatic carbocycles. The summed E-state index contributed by atoms with van der Waals surface area (Å²) in [5, 5.41) is 3.05. The van der Waals surface area contributed by atoms with Crippen LogP contribution < -0.4 is 10.1 Å². The summed E-state index contributed by atoms with van der Waals surface area (Å²) < 4.78 is 5.35. The molecule has 2 aromatic rings. The molecule has 0 saturated carbocycles. The number of carbonyl (C=O) groups is 1. The van der Waals surface area contributed by atoms with Crippen LogP contribution in [0.4, 0.5) is 0 Å². The van der Waals surface area contributed by atoms with Gasteiger partial charge in [-0.15, -0.1) is 0 Å². The average Bonchev–Trinajstić information content (AvgIpc) is 2.55. The van der Waals surface area contributed by atoms with Gasteiger partial charge in [-0.2, -0.15) is 0 Å². The molecule has 0 saturated heterocycles. The van der Waals surface area contributed by atoms with Crippen molar-refractivity contribution in [1.29, 1.82) is 0 Å². The van der Waals surface area contributed by atoms with Gasteiger partial charge in [0.15, 0.2) is 0 Å². The number of hydrogen-bond donors (Lipinski definition) is 1. The Labute approximate surface area is 144 Å². The Balaban J connectivity index is 2.01. The minimum absolute atomic E-state index is 0.0143. The topological polar surface area (TPSA) is 41.6 Å². The first-order valence-electron chi connectivity index (χ1n) is 8.15. The lowest BCUT2D eigenvalue weighted by atomic mass is 10.0. The van der Waals surface area contributed by atoms with Crippen LogP contribution in [-0.2, 0) is 11.2 Å². The molecule has 4 nitrogen and oxygen atoms in total. The van der Waals surface area contributed by atoms with E-state index in [0.29, 0.717) is 6.54 Å². The largest absolute Gasteiger partial charge is 0.496 e. The van der Waals surface area contributed by atoms with Gasteiger partial charge < -0.3 is 10.1 Å². The Morgan fingerprint density at radius 2 is 1.92 bits per heavy atom. The third-order valence-corrected chi connectivity index (χ3v) is 4.01. The normalized spacial score (nSPS) is 12.0. The van der Waals surface area contributed by atoms with Crippen LogP contribution in [0.25, 0.3) is 0 Å². The summed E-state index contributed by atoms with van der Waals surface area (Å²) in [5.41, 5.74) is 3.26. The highest BCUT2D eigenvalue weighted by atomic mass is 16.5. The van der Waals surface area contributed by atoms with E-state index in [9.17, 15) is 4.79 Å². The molecule has 0 radical (unpaired) electrons. The van der Waals surface area contributed by atoms with Crippen molar-refractivity contribution in [2.45, 2.75) is 19.4 Å². The minimum Gasteiger partial charge on any atom is -0.496 e. The third-order valence-electron chi connectivity index (χ3n) is 4.01. The molecule has 128 valence electrons. The lowest BCUT2D eigenvalue weighted by Crippen LogP contribution is -2.38. The highest BCUT2D eigenvalue weighted by Gasteiger charge is 2.22. The number of para-hydroxylation sites is 1. The van der Waals surface area contributed by atoms with Gasteiger partial charge in [0.05, 0.1) is 7.11 Å². The fourth-order valence-electron chi connectivity index (χ4n) is 2.85. The monoisotopic (exact) mass is 326 g/mol. The molecule has 0 bridgehead atoms. The van der Waals surface area contributed by atoms with Crippen molar-refractivity contribution < 1.29 is 9.53 Å². The zero-order chi connectivity index (χ0) is 17.5. The molecule has 24 heavy (non-hydrogen) atoms. The van der Waals surface area contributed by atoms with Gasteiger partial charge in [0, 0.05) is 6.54 Å². The maximum atomic E-state index is 12.7. The van der Waals surface area contributed by atoms with Crippen LogP contribution >= 0.6 is 0 Å². The second-order valence-corrected chi connectivity index (χ2v) is 6.13. The number of benzene rings is 2. The third kappa shape index (κ3) is 4.59. The quantitative estimate of drug-likeness (QED) is 0.850. The highest BCUT2D eigenvalue weighted by molar-refractivity contribution is 5.83. The molecule has 0 heterocycles. The predicted molar refractivity (Wildman–Crippen MR) is 97.3 cm³/mol. The van der Waals surface area contributed by atoms with E-state index in [1.54, 1.807) is 7.11 Å². The summed E-state index contributed by atoms with van der Waals surface area (Å²) in [6, 6.07) is 15.7. The first-order chi connectivity index (χ1) is 11.5. The fraction of sp³-hybridized carbons (Fsp3) is 0.350. The number of aryl methyl sites for hydroxylation is 1. The van der Waals surface area contributed by atoms with Crippen molar-refractivity contribution in [2.24, 2.45) is 0 Å². The van der Waals surface area contributed by atoms with E-state index in [2.05, 4.69) is 11.4 Å². The molecule has 2 aromatic carbocycles. The van der Waals surface area contributed by atoms with E-state index in [-0.39, 0.29) is 11.9 Å². The van der Waals surface area contributed by atoms with Crippen molar-refractivity contribution in [1.82, 2.24) is 10.2 Å². The first kappa shape index (κ1) is 18.0. The Bertz CT molecular complexity index is 683. The second-order valence-electron chi connectivity index (χ2n) is 6.13. The molecule has 0 fully saturated rings. The van der Waals surface area contributed by atoms with Gasteiger partial charge in [-0.1, -0.05) is 48.0 Å². The van der Waals surface area contributed by atoms with Crippen molar-refractivity contribution in [2.75, 3.05) is 27.7 Å². The number of hydrogen-bond acceptors (Lipinski definition) is 3. The molecule has 1 amide bonds. The molecule has 0 aliphatic heterocycles. The van der Waals surface area contributed by atoms with Crippen molar-refractivity contribution in [3.05, 3.63) is 65.2 Å². The molecule has 0 aromatic heterocycles. The average molecular weight is 326 g/mol. The number of ether oxygens (including phenoxy) is 1. The number of amides is 1. The van der Waals surface area contributed by atoms with E-state index < -0.39 is 0 Å². The molecule has 1 atom stereocenters. The van der Waals surface area contributed by atoms with Crippen LogP contribution in [0, 0.1) is 6.92 Å². The van der Waals surface area contributed by atoms with Gasteiger partial charge >= 0.3 is 0 Å². The van der Waals surface area contributed by atoms with Crippen LogP contribution in [0.2, 0.25) is 0 Å². The summed E-state index contributed by atoms with van der Waals surface area (Å²) in [6.07, 6.45) is 0.740. The molecule has 4 heteroatoms. The van der Waals surface area contributed by atoms with Crippen molar-refractivity contribution in [3.63, 3.8) is 0 Å². The van der Waals surface area contributed by atoms with Gasteiger partial charge in [-0.3, -0.25) is 9.69 Å². The highest BCUT2D eigenvalue weighted by Crippen LogP contribution is 2.20. The second kappa shape index (κ2) is 8.50. The molecule has 2 rings (SSSR count). The van der Waals surface area contributed by atoms with Gasteiger partial charge in [-0.25, -0.2) is 0 Å². The lowest BCUT2D eigenvalue weighted by Gasteiger charge is -2.24. The predicted octanol–water partition coefficient (Wildman–Crippen LogP) is 2.97. The Morgan fingerprint density at radius 3 is 2.58 bits per heavy atom. The number of likely N-dealkylation sites (N-methyl/N-ethyl adjacent to an activating group) is 1. The minimum atomic E-state index is -0.289. The fourth-order valence-corrected chi connectivity index (χ4v) is 2.85. The number of carbonyl (C=O) groups excluding carboxylic acids is 1. The van der Waals surface area contributed by atoms with Gasteiger partial charge in [0.2, 0.25) is 5.91 Å². The van der Waals surface area contributed by atoms with Crippen LogP contribution in [0.3, 0.4) is 0 Å². The maximum Gasteiger partial charge on any atom is 0.241 e. The first-order valence-corrected chi connectivity index (χ1v) is 8.15. The summed E-state index contributed by atoms with van der Waals surface area (Å²) in [4.78, 5) is 14.6. The van der Waals surface area contributed by atoms with E-state index in [1.165, 1.54) is 0 Å². The summed E-state index contributed by atoms with van der Waals surface area (Å²) in [5.74, 6) is 0.870. The summed E-state index contributed by atoms with van der Waals surface area (Å²) in [7, 11) is 5.51. The smallest absolute Gasteiger partial charge is 0.241 e. The molecule has 0 unspecified atom stereocenters. The standard InChI is InChI=1S/C20H26N2O2/c1-15-8-7-10-17(14-15)19(22(2)3)20(23)21-13-12-16-9-5-6-11-18(16)24-4/h5-11,14,19H,12-13H2,1-4H3,(H,21,23)/t19-/m0/s1. The van der Waals surface area contributed by atoms with E-state index in [1.807, 2.05) is 68.4 Å². The molecular weight excluding hydrogens is 300 g/mol. The van der Waals surface area contributed by atoms with Gasteiger partial charge in [0.1, 0.15) is 11.8 Å². The van der Waals surface area contributed by atoms with E-state index >= 15 is 0 Å². The number of nitrogens with one attached hydrogen (secondary N) is 1. The molecule has 0 spiro atoms. The van der Waals surface area contributed by atoms with Gasteiger partial charge in [-0.05, 0) is 44.6 Å². The van der Waals surface area contributed by atoms with Crippen LogP contribution in [-0.4, -0.2) is 38.6 Å². The molecular formula is C20H26N2O2. The number of methoxy groups -OCH3 is 1. The van der Waals surface area contributed by atoms with Crippen molar-refractivity contribution >= 4 is 5.91 Å².